The summed E-state index contributed by atoms with van der Waals surface area (Å²) in [4.78, 5) is 0. The molecule has 2 nitrogen and oxygen atoms in total. The van der Waals surface area contributed by atoms with Crippen molar-refractivity contribution in [3.63, 3.8) is 0 Å². The molecule has 0 bridgehead atoms. The minimum absolute atomic E-state index is 0.110. The van der Waals surface area contributed by atoms with Crippen LogP contribution in [0.3, 0.4) is 0 Å². The van der Waals surface area contributed by atoms with Crippen molar-refractivity contribution in [2.24, 2.45) is 0 Å². The van der Waals surface area contributed by atoms with Crippen LogP contribution in [0.4, 0.5) is 0 Å². The van der Waals surface area contributed by atoms with Crippen LogP contribution in [0.15, 0.2) is 12.4 Å². The Labute approximate surface area is 63.7 Å². The van der Waals surface area contributed by atoms with Crippen LogP contribution in [0.1, 0.15) is 27.7 Å². The second kappa shape index (κ2) is 3.49. The van der Waals surface area contributed by atoms with Crippen molar-refractivity contribution in [2.75, 3.05) is 6.54 Å². The van der Waals surface area contributed by atoms with Gasteiger partial charge >= 0.3 is 0 Å². The molecule has 0 unspecified atom stereocenters. The second-order valence-electron chi connectivity index (χ2n) is 3.38. The lowest BCUT2D eigenvalue weighted by Gasteiger charge is -2.23. The van der Waals surface area contributed by atoms with Gasteiger partial charge in [-0.15, -0.1) is 0 Å². The first-order valence-electron chi connectivity index (χ1n) is 3.66. The molecular formula is C8H18N2. The molecule has 0 rings (SSSR count). The van der Waals surface area contributed by atoms with E-state index in [1.54, 1.807) is 0 Å². The number of rotatable bonds is 3. The monoisotopic (exact) mass is 142 g/mol. The van der Waals surface area contributed by atoms with Gasteiger partial charge in [-0.05, 0) is 27.7 Å². The quantitative estimate of drug-likeness (QED) is 0.623. The Kier molecular flexibility index (Phi) is 3.26. The molecule has 2 N–H and O–H groups in total. The Bertz CT molecular complexity index is 111. The van der Waals surface area contributed by atoms with Crippen molar-refractivity contribution in [2.45, 2.75) is 33.2 Å². The van der Waals surface area contributed by atoms with Gasteiger partial charge in [-0.1, -0.05) is 6.58 Å². The van der Waals surface area contributed by atoms with Crippen LogP contribution in [0, 0.1) is 0 Å². The smallest absolute Gasteiger partial charge is 0.0916 e. The molecule has 0 spiro atoms. The van der Waals surface area contributed by atoms with Gasteiger partial charge in [-0.2, -0.15) is 0 Å². The summed E-state index contributed by atoms with van der Waals surface area (Å²) in [6.07, 6.45) is 0. The zero-order valence-corrected chi connectivity index (χ0v) is 7.41. The fraction of sp³-hybridized carbons (Fsp3) is 0.750. The fourth-order valence-electron chi connectivity index (χ4n) is 0.710. The first-order chi connectivity index (χ1) is 4.45. The van der Waals surface area contributed by atoms with E-state index in [1.807, 2.05) is 0 Å². The largest absolute Gasteiger partial charge is 0.373 e. The number of hydrogen-bond acceptors (Lipinski definition) is 2. The van der Waals surface area contributed by atoms with E-state index in [9.17, 15) is 0 Å². The molecular weight excluding hydrogens is 124 g/mol. The predicted molar refractivity (Wildman–Crippen MR) is 45.7 cm³/mol. The molecule has 0 atom stereocenters. The second-order valence-corrected chi connectivity index (χ2v) is 3.38. The highest BCUT2D eigenvalue weighted by Gasteiger charge is 2.08. The van der Waals surface area contributed by atoms with E-state index in [4.69, 9.17) is 0 Å². The van der Waals surface area contributed by atoms with Crippen LogP contribution < -0.4 is 10.6 Å². The van der Waals surface area contributed by atoms with Crippen molar-refractivity contribution < 1.29 is 0 Å². The van der Waals surface area contributed by atoms with Crippen molar-refractivity contribution in [1.82, 2.24) is 10.6 Å². The van der Waals surface area contributed by atoms with Gasteiger partial charge in [-0.25, -0.2) is 0 Å². The van der Waals surface area contributed by atoms with Crippen LogP contribution in [0.2, 0.25) is 0 Å². The van der Waals surface area contributed by atoms with Gasteiger partial charge in [0.25, 0.3) is 0 Å². The highest BCUT2D eigenvalue weighted by atomic mass is 15.1. The molecule has 0 saturated carbocycles. The Hall–Kier alpha value is -0.660. The molecule has 0 aliphatic carbocycles. The fourth-order valence-corrected chi connectivity index (χ4v) is 0.710. The van der Waals surface area contributed by atoms with E-state index in [1.165, 1.54) is 0 Å². The Balaban J connectivity index is 3.58. The summed E-state index contributed by atoms with van der Waals surface area (Å²) in [6, 6.07) is 0. The van der Waals surface area contributed by atoms with E-state index < -0.39 is 0 Å². The van der Waals surface area contributed by atoms with Crippen LogP contribution in [0.25, 0.3) is 0 Å². The summed E-state index contributed by atoms with van der Waals surface area (Å²) in [5.41, 5.74) is 0.110. The summed E-state index contributed by atoms with van der Waals surface area (Å²) < 4.78 is 0. The molecule has 10 heavy (non-hydrogen) atoms. The summed E-state index contributed by atoms with van der Waals surface area (Å²) in [5.74, 6) is 0.898. The highest BCUT2D eigenvalue weighted by molar-refractivity contribution is 4.92. The molecule has 0 aromatic heterocycles. The van der Waals surface area contributed by atoms with Gasteiger partial charge in [-0.3, -0.25) is 0 Å². The number of nitrogens with one attached hydrogen (secondary N) is 2. The molecule has 60 valence electrons. The van der Waals surface area contributed by atoms with Crippen molar-refractivity contribution in [1.29, 1.82) is 0 Å². The lowest BCUT2D eigenvalue weighted by molar-refractivity contribution is 0.455. The summed E-state index contributed by atoms with van der Waals surface area (Å²) in [6.45, 7) is 13.1. The van der Waals surface area contributed by atoms with Crippen LogP contribution in [-0.2, 0) is 0 Å². The number of hydrogen-bond donors (Lipinski definition) is 2. The van der Waals surface area contributed by atoms with Crippen molar-refractivity contribution in [3.8, 4) is 0 Å². The molecule has 0 fully saturated rings. The average molecular weight is 142 g/mol. The first kappa shape index (κ1) is 9.34. The molecule has 0 heterocycles. The summed E-state index contributed by atoms with van der Waals surface area (Å²) >= 11 is 0. The predicted octanol–water partition coefficient (Wildman–Crippen LogP) is 1.46. The lowest BCUT2D eigenvalue weighted by atomic mass is 10.1. The average Bonchev–Trinajstić information content (AvgIpc) is 1.59. The minimum Gasteiger partial charge on any atom is -0.373 e. The van der Waals surface area contributed by atoms with E-state index in [0.717, 1.165) is 12.4 Å². The minimum atomic E-state index is 0.110. The van der Waals surface area contributed by atoms with Gasteiger partial charge in [0, 0.05) is 12.1 Å². The third-order valence-corrected chi connectivity index (χ3v) is 0.916. The molecule has 0 aliphatic rings. The van der Waals surface area contributed by atoms with Crippen LogP contribution in [0.5, 0.6) is 0 Å². The van der Waals surface area contributed by atoms with E-state index in [-0.39, 0.29) is 5.54 Å². The van der Waals surface area contributed by atoms with Crippen molar-refractivity contribution in [3.05, 3.63) is 12.4 Å². The molecule has 0 aromatic carbocycles. The highest BCUT2D eigenvalue weighted by Crippen LogP contribution is 1.99. The van der Waals surface area contributed by atoms with Gasteiger partial charge < -0.3 is 10.6 Å². The first-order valence-corrected chi connectivity index (χ1v) is 3.66. The molecule has 0 amide bonds. The molecule has 0 radical (unpaired) electrons. The van der Waals surface area contributed by atoms with E-state index in [2.05, 4.69) is 44.9 Å². The summed E-state index contributed by atoms with van der Waals surface area (Å²) in [7, 11) is 0. The van der Waals surface area contributed by atoms with Gasteiger partial charge in [0.1, 0.15) is 0 Å². The molecule has 0 aliphatic heterocycles. The molecule has 2 heteroatoms. The van der Waals surface area contributed by atoms with Gasteiger partial charge in [0.15, 0.2) is 0 Å². The Morgan fingerprint density at radius 1 is 1.40 bits per heavy atom. The summed E-state index contributed by atoms with van der Waals surface area (Å²) in [5, 5.41) is 6.31. The Morgan fingerprint density at radius 2 is 1.90 bits per heavy atom. The SMILES string of the molecule is C=C(NCC)NC(C)(C)C. The Morgan fingerprint density at radius 3 is 2.20 bits per heavy atom. The zero-order valence-electron chi connectivity index (χ0n) is 7.41. The standard InChI is InChI=1S/C8H18N2/c1-6-9-7(2)10-8(3,4)5/h9-10H,2,6H2,1,3-5H3. The lowest BCUT2D eigenvalue weighted by Crippen LogP contribution is -2.39. The van der Waals surface area contributed by atoms with Crippen LogP contribution >= 0.6 is 0 Å². The maximum atomic E-state index is 3.81. The molecule has 0 saturated heterocycles. The van der Waals surface area contributed by atoms with Gasteiger partial charge in [0.05, 0.1) is 5.82 Å². The van der Waals surface area contributed by atoms with E-state index in [0.29, 0.717) is 0 Å². The zero-order chi connectivity index (χ0) is 8.20. The van der Waals surface area contributed by atoms with Crippen LogP contribution in [-0.4, -0.2) is 12.1 Å². The van der Waals surface area contributed by atoms with Gasteiger partial charge in [0.2, 0.25) is 0 Å². The third kappa shape index (κ3) is 5.48. The normalized spacial score (nSPS) is 10.8. The maximum absolute atomic E-state index is 3.81. The van der Waals surface area contributed by atoms with E-state index >= 15 is 0 Å². The van der Waals surface area contributed by atoms with Crippen molar-refractivity contribution >= 4 is 0 Å². The topological polar surface area (TPSA) is 24.1 Å². The third-order valence-electron chi connectivity index (χ3n) is 0.916. The molecule has 0 aromatic rings. The maximum Gasteiger partial charge on any atom is 0.0916 e.